The van der Waals surface area contributed by atoms with Crippen LogP contribution in [0.1, 0.15) is 39.5 Å². The number of carbonyl (C=O) groups is 3. The topological polar surface area (TPSA) is 69.7 Å². The molecule has 2 rings (SSSR count). The highest BCUT2D eigenvalue weighted by Gasteiger charge is 2.39. The van der Waals surface area contributed by atoms with Gasteiger partial charge in [-0.1, -0.05) is 26.7 Å². The van der Waals surface area contributed by atoms with Crippen LogP contribution in [-0.2, 0) is 14.4 Å². The van der Waals surface area contributed by atoms with Crippen molar-refractivity contribution in [2.45, 2.75) is 51.6 Å². The lowest BCUT2D eigenvalue weighted by atomic mass is 9.99. The summed E-state index contributed by atoms with van der Waals surface area (Å²) in [4.78, 5) is 39.4. The van der Waals surface area contributed by atoms with Gasteiger partial charge in [0, 0.05) is 26.2 Å². The first-order chi connectivity index (χ1) is 9.91. The number of likely N-dealkylation sites (N-methyl/N-ethyl adjacent to an activating group) is 1. The lowest BCUT2D eigenvalue weighted by Gasteiger charge is -2.38. The zero-order chi connectivity index (χ0) is 15.6. The molecule has 1 aliphatic carbocycles. The largest absolute Gasteiger partial charge is 0.352 e. The molecule has 0 spiro atoms. The summed E-state index contributed by atoms with van der Waals surface area (Å²) in [5, 5.41) is 3.05. The highest BCUT2D eigenvalue weighted by molar-refractivity contribution is 6.35. The number of rotatable bonds is 4. The number of carbonyl (C=O) groups excluding carboxylic acids is 3. The summed E-state index contributed by atoms with van der Waals surface area (Å²) in [5.74, 6) is -1.24. The number of piperazine rings is 1. The van der Waals surface area contributed by atoms with Gasteiger partial charge < -0.3 is 15.1 Å². The van der Waals surface area contributed by atoms with Crippen LogP contribution >= 0.6 is 0 Å². The van der Waals surface area contributed by atoms with E-state index in [1.54, 1.807) is 7.05 Å². The summed E-state index contributed by atoms with van der Waals surface area (Å²) in [6, 6.07) is -0.340. The molecule has 0 aromatic rings. The van der Waals surface area contributed by atoms with Crippen molar-refractivity contribution in [3.05, 3.63) is 0 Å². The smallest absolute Gasteiger partial charge is 0.312 e. The number of hydrogen-bond acceptors (Lipinski definition) is 3. The molecule has 1 heterocycles. The Hall–Kier alpha value is -1.59. The van der Waals surface area contributed by atoms with E-state index in [1.807, 2.05) is 13.8 Å². The van der Waals surface area contributed by atoms with Crippen molar-refractivity contribution in [3.63, 3.8) is 0 Å². The SMILES string of the molecule is CC(C)[C@@H](C(=O)NC1CCCC1)N1CCN(C)C(=O)C1=O. The molecule has 2 fully saturated rings. The van der Waals surface area contributed by atoms with E-state index < -0.39 is 17.9 Å². The minimum atomic E-state index is -0.566. The molecule has 0 radical (unpaired) electrons. The predicted molar refractivity (Wildman–Crippen MR) is 78.4 cm³/mol. The van der Waals surface area contributed by atoms with E-state index in [1.165, 1.54) is 9.80 Å². The molecule has 0 aromatic heterocycles. The molecule has 1 saturated heterocycles. The summed E-state index contributed by atoms with van der Waals surface area (Å²) in [7, 11) is 1.61. The van der Waals surface area contributed by atoms with Crippen LogP contribution in [0.25, 0.3) is 0 Å². The van der Waals surface area contributed by atoms with E-state index in [2.05, 4.69) is 5.32 Å². The Morgan fingerprint density at radius 3 is 2.33 bits per heavy atom. The Balaban J connectivity index is 2.09. The van der Waals surface area contributed by atoms with Crippen molar-refractivity contribution in [2.75, 3.05) is 20.1 Å². The quantitative estimate of drug-likeness (QED) is 0.762. The van der Waals surface area contributed by atoms with Crippen molar-refractivity contribution < 1.29 is 14.4 Å². The second-order valence-corrected chi connectivity index (χ2v) is 6.40. The van der Waals surface area contributed by atoms with E-state index in [9.17, 15) is 14.4 Å². The van der Waals surface area contributed by atoms with E-state index in [4.69, 9.17) is 0 Å². The zero-order valence-corrected chi connectivity index (χ0v) is 13.1. The normalized spacial score (nSPS) is 22.1. The molecule has 3 amide bonds. The van der Waals surface area contributed by atoms with Gasteiger partial charge in [0.2, 0.25) is 5.91 Å². The molecule has 1 atom stereocenters. The molecule has 1 N–H and O–H groups in total. The molecule has 6 heteroatoms. The predicted octanol–water partition coefficient (Wildman–Crippen LogP) is 0.370. The van der Waals surface area contributed by atoms with E-state index in [-0.39, 0.29) is 17.9 Å². The molecule has 2 aliphatic rings. The van der Waals surface area contributed by atoms with Gasteiger partial charge in [0.1, 0.15) is 6.04 Å². The second kappa shape index (κ2) is 6.45. The van der Waals surface area contributed by atoms with Crippen LogP contribution in [-0.4, -0.2) is 59.7 Å². The van der Waals surface area contributed by atoms with Crippen molar-refractivity contribution in [1.29, 1.82) is 0 Å². The summed E-state index contributed by atoms with van der Waals surface area (Å²) in [6.07, 6.45) is 4.30. The number of amides is 3. The Kier molecular flexibility index (Phi) is 4.85. The van der Waals surface area contributed by atoms with Crippen LogP contribution in [0.4, 0.5) is 0 Å². The maximum absolute atomic E-state index is 12.5. The van der Waals surface area contributed by atoms with Gasteiger partial charge in [0.05, 0.1) is 0 Å². The van der Waals surface area contributed by atoms with Crippen LogP contribution < -0.4 is 5.32 Å². The van der Waals surface area contributed by atoms with Gasteiger partial charge in [0.15, 0.2) is 0 Å². The minimum absolute atomic E-state index is 0.0217. The average molecular weight is 295 g/mol. The zero-order valence-electron chi connectivity index (χ0n) is 13.1. The summed E-state index contributed by atoms with van der Waals surface area (Å²) >= 11 is 0. The molecule has 1 saturated carbocycles. The van der Waals surface area contributed by atoms with Gasteiger partial charge in [-0.25, -0.2) is 0 Å². The molecule has 0 unspecified atom stereocenters. The maximum Gasteiger partial charge on any atom is 0.312 e. The van der Waals surface area contributed by atoms with Crippen LogP contribution in [0.3, 0.4) is 0 Å². The second-order valence-electron chi connectivity index (χ2n) is 6.40. The molecule has 0 aromatic carbocycles. The number of hydrogen-bond donors (Lipinski definition) is 1. The molecular weight excluding hydrogens is 270 g/mol. The van der Waals surface area contributed by atoms with Gasteiger partial charge in [-0.15, -0.1) is 0 Å². The van der Waals surface area contributed by atoms with Crippen LogP contribution in [0, 0.1) is 5.92 Å². The minimum Gasteiger partial charge on any atom is -0.352 e. The standard InChI is InChI=1S/C15H25N3O3/c1-10(2)12(13(19)16-11-6-4-5-7-11)18-9-8-17(3)14(20)15(18)21/h10-12H,4-9H2,1-3H3,(H,16,19)/t12-/m0/s1. The fourth-order valence-corrected chi connectivity index (χ4v) is 3.17. The third-order valence-electron chi connectivity index (χ3n) is 4.40. The van der Waals surface area contributed by atoms with Gasteiger partial charge in [-0.2, -0.15) is 0 Å². The third kappa shape index (κ3) is 3.36. The summed E-state index contributed by atoms with van der Waals surface area (Å²) in [6.45, 7) is 4.72. The van der Waals surface area contributed by atoms with Crippen molar-refractivity contribution >= 4 is 17.7 Å². The van der Waals surface area contributed by atoms with Crippen molar-refractivity contribution in [2.24, 2.45) is 5.92 Å². The van der Waals surface area contributed by atoms with Crippen LogP contribution in [0.2, 0.25) is 0 Å². The van der Waals surface area contributed by atoms with Crippen molar-refractivity contribution in [1.82, 2.24) is 15.1 Å². The summed E-state index contributed by atoms with van der Waals surface area (Å²) in [5.41, 5.74) is 0. The van der Waals surface area contributed by atoms with Gasteiger partial charge in [-0.3, -0.25) is 14.4 Å². The lowest BCUT2D eigenvalue weighted by molar-refractivity contribution is -0.159. The van der Waals surface area contributed by atoms with Gasteiger partial charge in [0.25, 0.3) is 0 Å². The summed E-state index contributed by atoms with van der Waals surface area (Å²) < 4.78 is 0. The number of nitrogens with one attached hydrogen (secondary N) is 1. The first-order valence-electron chi connectivity index (χ1n) is 7.78. The molecule has 1 aliphatic heterocycles. The molecular formula is C15H25N3O3. The average Bonchev–Trinajstić information content (AvgIpc) is 2.91. The number of nitrogens with zero attached hydrogens (tertiary/aromatic N) is 2. The monoisotopic (exact) mass is 295 g/mol. The van der Waals surface area contributed by atoms with Crippen LogP contribution in [0.15, 0.2) is 0 Å². The van der Waals surface area contributed by atoms with E-state index >= 15 is 0 Å². The molecule has 6 nitrogen and oxygen atoms in total. The highest BCUT2D eigenvalue weighted by Crippen LogP contribution is 2.20. The van der Waals surface area contributed by atoms with E-state index in [0.29, 0.717) is 13.1 Å². The fraction of sp³-hybridized carbons (Fsp3) is 0.800. The van der Waals surface area contributed by atoms with Gasteiger partial charge >= 0.3 is 11.8 Å². The maximum atomic E-state index is 12.5. The van der Waals surface area contributed by atoms with Crippen LogP contribution in [0.5, 0.6) is 0 Å². The molecule has 0 bridgehead atoms. The Morgan fingerprint density at radius 2 is 1.76 bits per heavy atom. The molecule has 21 heavy (non-hydrogen) atoms. The molecule has 118 valence electrons. The first kappa shape index (κ1) is 15.8. The fourth-order valence-electron chi connectivity index (χ4n) is 3.17. The van der Waals surface area contributed by atoms with Crippen molar-refractivity contribution in [3.8, 4) is 0 Å². The Labute approximate surface area is 125 Å². The first-order valence-corrected chi connectivity index (χ1v) is 7.78. The Bertz CT molecular complexity index is 430. The van der Waals surface area contributed by atoms with E-state index in [0.717, 1.165) is 25.7 Å². The highest BCUT2D eigenvalue weighted by atomic mass is 16.2. The Morgan fingerprint density at radius 1 is 1.14 bits per heavy atom. The third-order valence-corrected chi connectivity index (χ3v) is 4.40. The van der Waals surface area contributed by atoms with Gasteiger partial charge in [-0.05, 0) is 18.8 Å². The lowest BCUT2D eigenvalue weighted by Crippen LogP contribution is -2.61.